The van der Waals surface area contributed by atoms with Gasteiger partial charge >= 0.3 is 6.09 Å². The second-order valence-corrected chi connectivity index (χ2v) is 7.15. The third-order valence-corrected chi connectivity index (χ3v) is 4.70. The minimum absolute atomic E-state index is 0.212. The van der Waals surface area contributed by atoms with Crippen LogP contribution in [0.2, 0.25) is 0 Å². The molecular weight excluding hydrogens is 418 g/mol. The van der Waals surface area contributed by atoms with E-state index in [0.717, 1.165) is 11.1 Å². The van der Waals surface area contributed by atoms with Gasteiger partial charge in [-0.2, -0.15) is 5.10 Å². The van der Waals surface area contributed by atoms with Gasteiger partial charge in [0.25, 0.3) is 5.91 Å². The Labute approximate surface area is 193 Å². The summed E-state index contributed by atoms with van der Waals surface area (Å²) in [5, 5.41) is 6.67. The second-order valence-electron chi connectivity index (χ2n) is 7.15. The number of nitrogens with one attached hydrogen (secondary N) is 2. The van der Waals surface area contributed by atoms with Gasteiger partial charge in [0.15, 0.2) is 0 Å². The molecule has 7 nitrogen and oxygen atoms in total. The topological polar surface area (TPSA) is 89.0 Å². The Kier molecular flexibility index (Phi) is 9.03. The Balaban J connectivity index is 1.64. The van der Waals surface area contributed by atoms with Crippen LogP contribution in [0.1, 0.15) is 23.6 Å². The molecule has 1 atom stereocenters. The zero-order valence-electron chi connectivity index (χ0n) is 18.4. The standard InChI is InChI=1S/C26H27N3O4/c1-2-32-26(31)28-23(17-20-11-5-3-6-12-20)25(30)29-27-18-22-15-9-10-16-24(22)33-19-21-13-7-4-8-14-21/h3-16,18,23H,2,17,19H2,1H3,(H,28,31)(H,29,30)/b27-18-/t23-/m0/s1. The number of carbonyl (C=O) groups is 2. The Morgan fingerprint density at radius 2 is 1.55 bits per heavy atom. The van der Waals surface area contributed by atoms with Gasteiger partial charge in [0.1, 0.15) is 18.4 Å². The largest absolute Gasteiger partial charge is 0.488 e. The molecule has 0 spiro atoms. The molecule has 3 rings (SSSR count). The third-order valence-electron chi connectivity index (χ3n) is 4.70. The van der Waals surface area contributed by atoms with Crippen LogP contribution in [-0.4, -0.2) is 30.9 Å². The molecule has 0 saturated carbocycles. The first kappa shape index (κ1) is 23.5. The number of nitrogens with zero attached hydrogens (tertiary/aromatic N) is 1. The number of hydrogen-bond donors (Lipinski definition) is 2. The third kappa shape index (κ3) is 7.81. The lowest BCUT2D eigenvalue weighted by Crippen LogP contribution is -2.47. The van der Waals surface area contributed by atoms with Crippen LogP contribution < -0.4 is 15.5 Å². The maximum absolute atomic E-state index is 12.7. The lowest BCUT2D eigenvalue weighted by molar-refractivity contribution is -0.123. The maximum atomic E-state index is 12.7. The molecule has 3 aromatic rings. The number of para-hydroxylation sites is 1. The molecule has 0 fully saturated rings. The zero-order valence-corrected chi connectivity index (χ0v) is 18.4. The van der Waals surface area contributed by atoms with Gasteiger partial charge in [-0.25, -0.2) is 10.2 Å². The van der Waals surface area contributed by atoms with Gasteiger partial charge in [0, 0.05) is 12.0 Å². The molecule has 0 aromatic heterocycles. The van der Waals surface area contributed by atoms with E-state index in [0.29, 0.717) is 24.3 Å². The molecule has 170 valence electrons. The molecule has 0 heterocycles. The van der Waals surface area contributed by atoms with Crippen molar-refractivity contribution in [3.63, 3.8) is 0 Å². The van der Waals surface area contributed by atoms with E-state index in [1.807, 2.05) is 84.9 Å². The van der Waals surface area contributed by atoms with Crippen LogP contribution in [0.25, 0.3) is 0 Å². The first-order valence-electron chi connectivity index (χ1n) is 10.7. The van der Waals surface area contributed by atoms with Crippen molar-refractivity contribution in [3.8, 4) is 5.75 Å². The first-order valence-corrected chi connectivity index (χ1v) is 10.7. The fraction of sp³-hybridized carbons (Fsp3) is 0.192. The molecule has 0 unspecified atom stereocenters. The van der Waals surface area contributed by atoms with Crippen LogP contribution in [0.15, 0.2) is 90.0 Å². The lowest BCUT2D eigenvalue weighted by Gasteiger charge is -2.17. The van der Waals surface area contributed by atoms with E-state index < -0.39 is 18.0 Å². The van der Waals surface area contributed by atoms with Crippen molar-refractivity contribution in [2.45, 2.75) is 26.0 Å². The minimum atomic E-state index is -0.840. The molecule has 33 heavy (non-hydrogen) atoms. The van der Waals surface area contributed by atoms with Gasteiger partial charge in [0.2, 0.25) is 0 Å². The predicted octanol–water partition coefficient (Wildman–Crippen LogP) is 4.07. The molecule has 0 aliphatic heterocycles. The number of hydrogen-bond acceptors (Lipinski definition) is 5. The van der Waals surface area contributed by atoms with Crippen molar-refractivity contribution in [3.05, 3.63) is 102 Å². The smallest absolute Gasteiger partial charge is 0.407 e. The van der Waals surface area contributed by atoms with Gasteiger partial charge in [-0.15, -0.1) is 0 Å². The average molecular weight is 446 g/mol. The van der Waals surface area contributed by atoms with Crippen molar-refractivity contribution in [1.82, 2.24) is 10.7 Å². The highest BCUT2D eigenvalue weighted by Crippen LogP contribution is 2.17. The van der Waals surface area contributed by atoms with E-state index in [1.54, 1.807) is 6.92 Å². The van der Waals surface area contributed by atoms with E-state index >= 15 is 0 Å². The van der Waals surface area contributed by atoms with E-state index in [4.69, 9.17) is 9.47 Å². The monoisotopic (exact) mass is 445 g/mol. The molecule has 3 aromatic carbocycles. The predicted molar refractivity (Wildman–Crippen MR) is 127 cm³/mol. The Morgan fingerprint density at radius 3 is 2.24 bits per heavy atom. The summed E-state index contributed by atoms with van der Waals surface area (Å²) in [4.78, 5) is 24.7. The summed E-state index contributed by atoms with van der Waals surface area (Å²) in [6, 6.07) is 25.8. The summed E-state index contributed by atoms with van der Waals surface area (Å²) in [5.74, 6) is 0.190. The van der Waals surface area contributed by atoms with Crippen molar-refractivity contribution in [1.29, 1.82) is 0 Å². The lowest BCUT2D eigenvalue weighted by atomic mass is 10.1. The normalized spacial score (nSPS) is 11.5. The highest BCUT2D eigenvalue weighted by Gasteiger charge is 2.21. The summed E-state index contributed by atoms with van der Waals surface area (Å²) >= 11 is 0. The summed E-state index contributed by atoms with van der Waals surface area (Å²) in [7, 11) is 0. The van der Waals surface area contributed by atoms with Gasteiger partial charge in [-0.1, -0.05) is 72.8 Å². The van der Waals surface area contributed by atoms with Crippen LogP contribution in [-0.2, 0) is 22.6 Å². The highest BCUT2D eigenvalue weighted by atomic mass is 16.5. The number of ether oxygens (including phenoxy) is 2. The number of benzene rings is 3. The number of amides is 2. The van der Waals surface area contributed by atoms with Crippen LogP contribution >= 0.6 is 0 Å². The van der Waals surface area contributed by atoms with Crippen molar-refractivity contribution in [2.24, 2.45) is 5.10 Å². The van der Waals surface area contributed by atoms with Crippen LogP contribution in [0, 0.1) is 0 Å². The van der Waals surface area contributed by atoms with Gasteiger partial charge in [-0.05, 0) is 30.2 Å². The maximum Gasteiger partial charge on any atom is 0.407 e. The number of alkyl carbamates (subject to hydrolysis) is 1. The van der Waals surface area contributed by atoms with E-state index in [2.05, 4.69) is 15.8 Å². The molecule has 7 heteroatoms. The summed E-state index contributed by atoms with van der Waals surface area (Å²) in [5.41, 5.74) is 5.17. The molecule has 0 bridgehead atoms. The number of rotatable bonds is 10. The quantitative estimate of drug-likeness (QED) is 0.364. The Bertz CT molecular complexity index is 1060. The fourth-order valence-corrected chi connectivity index (χ4v) is 3.07. The average Bonchev–Trinajstić information content (AvgIpc) is 2.84. The fourth-order valence-electron chi connectivity index (χ4n) is 3.07. The molecule has 0 aliphatic carbocycles. The molecule has 0 aliphatic rings. The number of carbonyl (C=O) groups excluding carboxylic acids is 2. The molecular formula is C26H27N3O4. The van der Waals surface area contributed by atoms with Crippen molar-refractivity contribution in [2.75, 3.05) is 6.61 Å². The highest BCUT2D eigenvalue weighted by molar-refractivity contribution is 5.88. The SMILES string of the molecule is CCOC(=O)N[C@@H](Cc1ccccc1)C(=O)N/N=C\c1ccccc1OCc1ccccc1. The number of hydrazone groups is 1. The molecule has 0 radical (unpaired) electrons. The summed E-state index contributed by atoms with van der Waals surface area (Å²) in [6.45, 7) is 2.33. The van der Waals surface area contributed by atoms with Gasteiger partial charge < -0.3 is 14.8 Å². The van der Waals surface area contributed by atoms with Crippen LogP contribution in [0.3, 0.4) is 0 Å². The first-order chi connectivity index (χ1) is 16.2. The van der Waals surface area contributed by atoms with E-state index in [-0.39, 0.29) is 6.61 Å². The molecule has 2 amide bonds. The van der Waals surface area contributed by atoms with Crippen molar-refractivity contribution >= 4 is 18.2 Å². The zero-order chi connectivity index (χ0) is 23.3. The minimum Gasteiger partial charge on any atom is -0.488 e. The summed E-state index contributed by atoms with van der Waals surface area (Å²) < 4.78 is 10.8. The molecule has 2 N–H and O–H groups in total. The van der Waals surface area contributed by atoms with Crippen LogP contribution in [0.4, 0.5) is 4.79 Å². The Hall–Kier alpha value is -4.13. The van der Waals surface area contributed by atoms with E-state index in [9.17, 15) is 9.59 Å². The van der Waals surface area contributed by atoms with Crippen molar-refractivity contribution < 1.29 is 19.1 Å². The second kappa shape index (κ2) is 12.7. The van der Waals surface area contributed by atoms with E-state index in [1.165, 1.54) is 6.21 Å². The molecule has 0 saturated heterocycles. The Morgan fingerprint density at radius 1 is 0.909 bits per heavy atom. The van der Waals surface area contributed by atoms with Gasteiger partial charge in [-0.3, -0.25) is 4.79 Å². The summed E-state index contributed by atoms with van der Waals surface area (Å²) in [6.07, 6.45) is 1.16. The van der Waals surface area contributed by atoms with Gasteiger partial charge in [0.05, 0.1) is 12.8 Å². The van der Waals surface area contributed by atoms with Crippen LogP contribution in [0.5, 0.6) is 5.75 Å².